The van der Waals surface area contributed by atoms with Crippen LogP contribution in [0.5, 0.6) is 5.75 Å². The second-order valence-corrected chi connectivity index (χ2v) is 9.14. The highest BCUT2D eigenvalue weighted by molar-refractivity contribution is 5.95. The summed E-state index contributed by atoms with van der Waals surface area (Å²) in [5, 5.41) is 14.8. The molecule has 0 spiro atoms. The summed E-state index contributed by atoms with van der Waals surface area (Å²) in [7, 11) is 1.16. The quantitative estimate of drug-likeness (QED) is 0.341. The zero-order valence-corrected chi connectivity index (χ0v) is 20.2. The number of nitrogens with two attached hydrogens (primary N) is 1. The van der Waals surface area contributed by atoms with E-state index >= 15 is 0 Å². The maximum Gasteiger partial charge on any atom is 0.408 e. The lowest BCUT2D eigenvalue weighted by atomic mass is 10.0. The molecular weight excluding hydrogens is 460 g/mol. The first-order valence-electron chi connectivity index (χ1n) is 11.1. The van der Waals surface area contributed by atoms with Crippen LogP contribution in [-0.4, -0.2) is 71.1 Å². The average Bonchev–Trinajstić information content (AvgIpc) is 3.57. The van der Waals surface area contributed by atoms with Crippen molar-refractivity contribution in [1.82, 2.24) is 15.5 Å². The predicted molar refractivity (Wildman–Crippen MR) is 123 cm³/mol. The van der Waals surface area contributed by atoms with Crippen molar-refractivity contribution in [2.75, 3.05) is 13.7 Å². The fourth-order valence-electron chi connectivity index (χ4n) is 3.36. The molecular formula is C23H32N4O8. The number of carbonyl (C=O) groups excluding carboxylic acids is 5. The summed E-state index contributed by atoms with van der Waals surface area (Å²) in [5.74, 6) is -3.14. The fourth-order valence-corrected chi connectivity index (χ4v) is 3.36. The summed E-state index contributed by atoms with van der Waals surface area (Å²) in [6.45, 7) is 4.46. The topological polar surface area (TPSA) is 177 Å². The molecule has 4 amide bonds. The number of methoxy groups -OCH3 is 1. The minimum Gasteiger partial charge on any atom is -0.508 e. The third-order valence-electron chi connectivity index (χ3n) is 4.94. The van der Waals surface area contributed by atoms with Crippen molar-refractivity contribution in [2.45, 2.75) is 63.8 Å². The SMILES string of the molecule is COC(=O)CNC(=O)C(c1cccc(O)c1)N(C(=O)C(CC(N)=O)NC(=O)OC(C)(C)C)C1CC1. The molecule has 0 saturated heterocycles. The van der Waals surface area contributed by atoms with Crippen LogP contribution in [0.3, 0.4) is 0 Å². The standard InChI is InChI=1S/C23H32N4O8/c1-23(2,3)35-22(33)26-16(11-17(24)29)21(32)27(14-8-9-14)19(13-6-5-7-15(28)10-13)20(31)25-12-18(30)34-4/h5-7,10,14,16,19,28H,8-9,11-12H2,1-4H3,(H2,24,29)(H,25,31)(H,26,33). The Bertz CT molecular complexity index is 971. The van der Waals surface area contributed by atoms with Gasteiger partial charge in [0.15, 0.2) is 0 Å². The number of phenols is 1. The van der Waals surface area contributed by atoms with Crippen LogP contribution >= 0.6 is 0 Å². The first-order valence-corrected chi connectivity index (χ1v) is 11.1. The van der Waals surface area contributed by atoms with Crippen LogP contribution in [-0.2, 0) is 28.7 Å². The zero-order chi connectivity index (χ0) is 26.3. The van der Waals surface area contributed by atoms with Crippen molar-refractivity contribution in [1.29, 1.82) is 0 Å². The van der Waals surface area contributed by atoms with Gasteiger partial charge in [0.25, 0.3) is 0 Å². The molecule has 35 heavy (non-hydrogen) atoms. The van der Waals surface area contributed by atoms with Gasteiger partial charge in [-0.2, -0.15) is 0 Å². The lowest BCUT2D eigenvalue weighted by molar-refractivity contribution is -0.145. The van der Waals surface area contributed by atoms with E-state index in [1.165, 1.54) is 29.2 Å². The van der Waals surface area contributed by atoms with Crippen LogP contribution in [0.1, 0.15) is 51.6 Å². The molecule has 1 saturated carbocycles. The molecule has 0 heterocycles. The number of alkyl carbamates (subject to hydrolysis) is 1. The molecule has 1 aliphatic rings. The number of hydrogen-bond donors (Lipinski definition) is 4. The number of ether oxygens (including phenoxy) is 2. The van der Waals surface area contributed by atoms with Crippen LogP contribution in [0.4, 0.5) is 4.79 Å². The van der Waals surface area contributed by atoms with Gasteiger partial charge in [0.05, 0.1) is 13.5 Å². The molecule has 0 aliphatic heterocycles. The predicted octanol–water partition coefficient (Wildman–Crippen LogP) is 0.482. The number of amides is 4. The summed E-state index contributed by atoms with van der Waals surface area (Å²) in [6, 6.07) is 2.69. The van der Waals surface area contributed by atoms with Crippen LogP contribution < -0.4 is 16.4 Å². The largest absolute Gasteiger partial charge is 0.508 e. The van der Waals surface area contributed by atoms with E-state index in [1.807, 2.05) is 0 Å². The van der Waals surface area contributed by atoms with E-state index in [2.05, 4.69) is 15.4 Å². The van der Waals surface area contributed by atoms with Gasteiger partial charge in [-0.05, 0) is 51.3 Å². The third-order valence-corrected chi connectivity index (χ3v) is 4.94. The molecule has 0 aromatic heterocycles. The minimum atomic E-state index is -1.41. The molecule has 5 N–H and O–H groups in total. The Morgan fingerprint density at radius 2 is 1.86 bits per heavy atom. The van der Waals surface area contributed by atoms with E-state index < -0.39 is 60.4 Å². The maximum absolute atomic E-state index is 13.7. The average molecular weight is 493 g/mol. The summed E-state index contributed by atoms with van der Waals surface area (Å²) < 4.78 is 9.76. The summed E-state index contributed by atoms with van der Waals surface area (Å²) >= 11 is 0. The van der Waals surface area contributed by atoms with E-state index in [4.69, 9.17) is 10.5 Å². The minimum absolute atomic E-state index is 0.142. The highest BCUT2D eigenvalue weighted by atomic mass is 16.6. The Kier molecular flexibility index (Phi) is 9.04. The monoisotopic (exact) mass is 492 g/mol. The zero-order valence-electron chi connectivity index (χ0n) is 20.2. The molecule has 2 rings (SSSR count). The van der Waals surface area contributed by atoms with Gasteiger partial charge in [-0.1, -0.05) is 12.1 Å². The van der Waals surface area contributed by atoms with Crippen LogP contribution in [0, 0.1) is 0 Å². The molecule has 2 atom stereocenters. The van der Waals surface area contributed by atoms with E-state index in [-0.39, 0.29) is 17.4 Å². The van der Waals surface area contributed by atoms with E-state index in [9.17, 15) is 29.1 Å². The molecule has 12 heteroatoms. The summed E-state index contributed by atoms with van der Waals surface area (Å²) in [6.07, 6.45) is -0.322. The number of nitrogens with zero attached hydrogens (tertiary/aromatic N) is 1. The Balaban J connectivity index is 2.43. The van der Waals surface area contributed by atoms with E-state index in [0.717, 1.165) is 7.11 Å². The van der Waals surface area contributed by atoms with Gasteiger partial charge >= 0.3 is 12.1 Å². The second kappa shape index (κ2) is 11.5. The number of carbonyl (C=O) groups is 5. The van der Waals surface area contributed by atoms with Crippen molar-refractivity contribution in [2.24, 2.45) is 5.73 Å². The molecule has 12 nitrogen and oxygen atoms in total. The number of benzene rings is 1. The van der Waals surface area contributed by atoms with Gasteiger partial charge < -0.3 is 35.8 Å². The smallest absolute Gasteiger partial charge is 0.408 e. The molecule has 1 aromatic rings. The number of phenolic OH excluding ortho intramolecular Hbond substituents is 1. The fraction of sp³-hybridized carbons (Fsp3) is 0.522. The Morgan fingerprint density at radius 1 is 1.20 bits per heavy atom. The van der Waals surface area contributed by atoms with E-state index in [1.54, 1.807) is 20.8 Å². The van der Waals surface area contributed by atoms with Crippen molar-refractivity contribution >= 4 is 29.8 Å². The van der Waals surface area contributed by atoms with Gasteiger partial charge in [-0.3, -0.25) is 19.2 Å². The molecule has 1 fully saturated rings. The number of primary amides is 1. The lowest BCUT2D eigenvalue weighted by Gasteiger charge is -2.34. The van der Waals surface area contributed by atoms with Crippen LogP contribution in [0.15, 0.2) is 24.3 Å². The van der Waals surface area contributed by atoms with Gasteiger partial charge in [0.2, 0.25) is 17.7 Å². The normalized spacial score (nSPS) is 14.7. The molecule has 2 unspecified atom stereocenters. The Morgan fingerprint density at radius 3 is 2.37 bits per heavy atom. The first kappa shape index (κ1) is 27.4. The van der Waals surface area contributed by atoms with Gasteiger partial charge in [-0.25, -0.2) is 4.79 Å². The third kappa shape index (κ3) is 8.47. The van der Waals surface area contributed by atoms with Gasteiger partial charge in [-0.15, -0.1) is 0 Å². The van der Waals surface area contributed by atoms with Crippen molar-refractivity contribution in [3.05, 3.63) is 29.8 Å². The first-order chi connectivity index (χ1) is 16.3. The molecule has 0 bridgehead atoms. The number of hydrogen-bond acceptors (Lipinski definition) is 8. The number of rotatable bonds is 10. The Hall–Kier alpha value is -3.83. The second-order valence-electron chi connectivity index (χ2n) is 9.14. The van der Waals surface area contributed by atoms with Crippen LogP contribution in [0.25, 0.3) is 0 Å². The van der Waals surface area contributed by atoms with E-state index in [0.29, 0.717) is 12.8 Å². The maximum atomic E-state index is 13.7. The molecule has 192 valence electrons. The van der Waals surface area contributed by atoms with Crippen molar-refractivity contribution in [3.63, 3.8) is 0 Å². The highest BCUT2D eigenvalue weighted by Crippen LogP contribution is 2.36. The summed E-state index contributed by atoms with van der Waals surface area (Å²) in [4.78, 5) is 63.8. The Labute approximate surface area is 203 Å². The number of nitrogens with one attached hydrogen (secondary N) is 2. The van der Waals surface area contributed by atoms with Gasteiger partial charge in [0, 0.05) is 6.04 Å². The van der Waals surface area contributed by atoms with Crippen molar-refractivity contribution < 1.29 is 38.6 Å². The molecule has 1 aromatic carbocycles. The lowest BCUT2D eigenvalue weighted by Crippen LogP contribution is -2.55. The van der Waals surface area contributed by atoms with Crippen molar-refractivity contribution in [3.8, 4) is 5.75 Å². The highest BCUT2D eigenvalue weighted by Gasteiger charge is 2.44. The van der Waals surface area contributed by atoms with Gasteiger partial charge in [0.1, 0.15) is 30.0 Å². The van der Waals surface area contributed by atoms with Crippen LogP contribution in [0.2, 0.25) is 0 Å². The summed E-state index contributed by atoms with van der Waals surface area (Å²) in [5.41, 5.74) is 4.73. The molecule has 1 aliphatic carbocycles. The molecule has 0 radical (unpaired) electrons. The number of esters is 1. The number of aromatic hydroxyl groups is 1.